The molecule has 0 atom stereocenters. The number of hydrogen-bond donors (Lipinski definition) is 2. The van der Waals surface area contributed by atoms with Crippen LogP contribution >= 0.6 is 0 Å². The van der Waals surface area contributed by atoms with Crippen LogP contribution in [-0.4, -0.2) is 15.2 Å². The van der Waals surface area contributed by atoms with Crippen molar-refractivity contribution in [1.82, 2.24) is 15.2 Å². The van der Waals surface area contributed by atoms with Gasteiger partial charge < -0.3 is 5.32 Å². The van der Waals surface area contributed by atoms with Crippen LogP contribution in [0.4, 0.5) is 15.9 Å². The van der Waals surface area contributed by atoms with E-state index in [0.29, 0.717) is 5.82 Å². The molecule has 25 heavy (non-hydrogen) atoms. The standard InChI is InChI=1S/C20H15FN4/c21-16-8-6-15(7-9-16)19-18(14-10-12-22-13-11-14)20(25-24-19)23-17-4-2-1-3-5-17/h1-13H,(H2,23,24,25). The van der Waals surface area contributed by atoms with Crippen molar-refractivity contribution < 1.29 is 4.39 Å². The minimum Gasteiger partial charge on any atom is -0.338 e. The van der Waals surface area contributed by atoms with Crippen molar-refractivity contribution in [3.05, 3.63) is 84.9 Å². The first-order valence-corrected chi connectivity index (χ1v) is 7.88. The maximum Gasteiger partial charge on any atom is 0.160 e. The van der Waals surface area contributed by atoms with Gasteiger partial charge in [0.05, 0.1) is 11.3 Å². The predicted molar refractivity (Wildman–Crippen MR) is 96.9 cm³/mol. The van der Waals surface area contributed by atoms with Crippen molar-refractivity contribution in [3.8, 4) is 22.4 Å². The largest absolute Gasteiger partial charge is 0.338 e. The highest BCUT2D eigenvalue weighted by atomic mass is 19.1. The Labute approximate surface area is 144 Å². The van der Waals surface area contributed by atoms with Gasteiger partial charge in [-0.25, -0.2) is 4.39 Å². The molecule has 4 nitrogen and oxygen atoms in total. The van der Waals surface area contributed by atoms with Crippen LogP contribution in [0.2, 0.25) is 0 Å². The first kappa shape index (κ1) is 15.1. The van der Waals surface area contributed by atoms with Gasteiger partial charge in [-0.1, -0.05) is 18.2 Å². The number of aromatic nitrogens is 3. The van der Waals surface area contributed by atoms with Gasteiger partial charge in [0.15, 0.2) is 5.82 Å². The number of nitrogens with zero attached hydrogens (tertiary/aromatic N) is 2. The van der Waals surface area contributed by atoms with Crippen LogP contribution in [-0.2, 0) is 0 Å². The number of nitrogens with one attached hydrogen (secondary N) is 2. The summed E-state index contributed by atoms with van der Waals surface area (Å²) >= 11 is 0. The molecule has 0 fully saturated rings. The Morgan fingerprint density at radius 1 is 0.800 bits per heavy atom. The van der Waals surface area contributed by atoms with Crippen molar-refractivity contribution in [2.45, 2.75) is 0 Å². The molecule has 0 aliphatic heterocycles. The Hall–Kier alpha value is -3.47. The van der Waals surface area contributed by atoms with Crippen molar-refractivity contribution in [2.24, 2.45) is 0 Å². The molecule has 0 aliphatic carbocycles. The number of halogens is 1. The molecule has 0 spiro atoms. The first-order chi connectivity index (χ1) is 12.3. The van der Waals surface area contributed by atoms with Crippen LogP contribution in [0.25, 0.3) is 22.4 Å². The smallest absolute Gasteiger partial charge is 0.160 e. The molecule has 4 rings (SSSR count). The third-order valence-corrected chi connectivity index (χ3v) is 3.90. The maximum atomic E-state index is 13.3. The lowest BCUT2D eigenvalue weighted by Gasteiger charge is -2.08. The second-order valence-electron chi connectivity index (χ2n) is 5.56. The molecule has 0 aliphatic rings. The molecule has 122 valence electrons. The van der Waals surface area contributed by atoms with E-state index in [9.17, 15) is 4.39 Å². The molecular weight excluding hydrogens is 315 g/mol. The van der Waals surface area contributed by atoms with Gasteiger partial charge in [0.1, 0.15) is 5.82 Å². The average Bonchev–Trinajstić information content (AvgIpc) is 3.07. The minimum atomic E-state index is -0.267. The van der Waals surface area contributed by atoms with E-state index in [1.807, 2.05) is 42.5 Å². The van der Waals surface area contributed by atoms with Crippen LogP contribution in [0.5, 0.6) is 0 Å². The van der Waals surface area contributed by atoms with Crippen LogP contribution < -0.4 is 5.32 Å². The molecule has 0 amide bonds. The highest BCUT2D eigenvalue weighted by Gasteiger charge is 2.17. The van der Waals surface area contributed by atoms with E-state index in [-0.39, 0.29) is 5.82 Å². The number of para-hydroxylation sites is 1. The summed E-state index contributed by atoms with van der Waals surface area (Å²) in [6.45, 7) is 0. The number of hydrogen-bond acceptors (Lipinski definition) is 3. The second kappa shape index (κ2) is 6.57. The summed E-state index contributed by atoms with van der Waals surface area (Å²) in [6, 6.07) is 20.0. The van der Waals surface area contributed by atoms with Crippen LogP contribution in [0.15, 0.2) is 79.1 Å². The zero-order chi connectivity index (χ0) is 17.1. The summed E-state index contributed by atoms with van der Waals surface area (Å²) in [5, 5.41) is 10.8. The van der Waals surface area contributed by atoms with Crippen molar-refractivity contribution in [1.29, 1.82) is 0 Å². The Morgan fingerprint density at radius 3 is 2.24 bits per heavy atom. The van der Waals surface area contributed by atoms with Crippen LogP contribution in [0.3, 0.4) is 0 Å². The van der Waals surface area contributed by atoms with E-state index in [1.54, 1.807) is 24.5 Å². The quantitative estimate of drug-likeness (QED) is 0.552. The Balaban J connectivity index is 1.83. The number of rotatable bonds is 4. The monoisotopic (exact) mass is 330 g/mol. The number of anilines is 2. The van der Waals surface area contributed by atoms with Crippen molar-refractivity contribution in [2.75, 3.05) is 5.32 Å². The van der Waals surface area contributed by atoms with Crippen molar-refractivity contribution in [3.63, 3.8) is 0 Å². The SMILES string of the molecule is Fc1ccc(-c2[nH]nc(Nc3ccccc3)c2-c2ccncc2)cc1. The molecule has 4 aromatic rings. The lowest BCUT2D eigenvalue weighted by molar-refractivity contribution is 0.628. The molecule has 5 heteroatoms. The molecule has 2 N–H and O–H groups in total. The zero-order valence-electron chi connectivity index (χ0n) is 13.3. The average molecular weight is 330 g/mol. The number of H-pyrrole nitrogens is 1. The van der Waals surface area contributed by atoms with Gasteiger partial charge in [-0.3, -0.25) is 10.1 Å². The lowest BCUT2D eigenvalue weighted by Crippen LogP contribution is -1.93. The molecule has 0 bridgehead atoms. The maximum absolute atomic E-state index is 13.3. The van der Waals surface area contributed by atoms with Gasteiger partial charge in [-0.15, -0.1) is 0 Å². The van der Waals surface area contributed by atoms with E-state index in [1.165, 1.54) is 12.1 Å². The number of pyridine rings is 1. The van der Waals surface area contributed by atoms with Gasteiger partial charge in [-0.2, -0.15) is 5.10 Å². The summed E-state index contributed by atoms with van der Waals surface area (Å²) in [4.78, 5) is 4.08. The molecule has 0 radical (unpaired) electrons. The van der Waals surface area contributed by atoms with E-state index < -0.39 is 0 Å². The topological polar surface area (TPSA) is 53.6 Å². The predicted octanol–water partition coefficient (Wildman–Crippen LogP) is 5.02. The van der Waals surface area contributed by atoms with Gasteiger partial charge in [0.25, 0.3) is 0 Å². The lowest BCUT2D eigenvalue weighted by atomic mass is 10.0. The molecule has 2 heterocycles. The minimum absolute atomic E-state index is 0.267. The Morgan fingerprint density at radius 2 is 1.52 bits per heavy atom. The fourth-order valence-corrected chi connectivity index (χ4v) is 2.72. The summed E-state index contributed by atoms with van der Waals surface area (Å²) in [5.74, 6) is 0.438. The highest BCUT2D eigenvalue weighted by Crippen LogP contribution is 2.37. The highest BCUT2D eigenvalue weighted by molar-refractivity contribution is 5.89. The van der Waals surface area contributed by atoms with Gasteiger partial charge in [0.2, 0.25) is 0 Å². The van der Waals surface area contributed by atoms with Gasteiger partial charge in [0, 0.05) is 23.6 Å². The molecule has 2 aromatic heterocycles. The first-order valence-electron chi connectivity index (χ1n) is 7.88. The Kier molecular flexibility index (Phi) is 3.96. The summed E-state index contributed by atoms with van der Waals surface area (Å²) in [6.07, 6.45) is 3.48. The van der Waals surface area contributed by atoms with E-state index in [2.05, 4.69) is 20.5 Å². The van der Waals surface area contributed by atoms with E-state index in [4.69, 9.17) is 0 Å². The van der Waals surface area contributed by atoms with E-state index >= 15 is 0 Å². The third kappa shape index (κ3) is 3.12. The summed E-state index contributed by atoms with van der Waals surface area (Å²) < 4.78 is 13.3. The van der Waals surface area contributed by atoms with Crippen molar-refractivity contribution >= 4 is 11.5 Å². The fraction of sp³-hybridized carbons (Fsp3) is 0. The Bertz CT molecular complexity index is 964. The van der Waals surface area contributed by atoms with Crippen LogP contribution in [0, 0.1) is 5.82 Å². The molecule has 2 aromatic carbocycles. The molecule has 0 unspecified atom stereocenters. The normalized spacial score (nSPS) is 10.6. The van der Waals surface area contributed by atoms with Gasteiger partial charge in [-0.05, 0) is 54.1 Å². The van der Waals surface area contributed by atoms with E-state index in [0.717, 1.165) is 28.1 Å². The molecular formula is C20H15FN4. The van der Waals surface area contributed by atoms with Crippen LogP contribution in [0.1, 0.15) is 0 Å². The number of aromatic amines is 1. The second-order valence-corrected chi connectivity index (χ2v) is 5.56. The third-order valence-electron chi connectivity index (χ3n) is 3.90. The fourth-order valence-electron chi connectivity index (χ4n) is 2.72. The van der Waals surface area contributed by atoms with Gasteiger partial charge >= 0.3 is 0 Å². The molecule has 0 saturated carbocycles. The summed E-state index contributed by atoms with van der Waals surface area (Å²) in [5.41, 5.74) is 4.51. The number of benzene rings is 2. The molecule has 0 saturated heterocycles. The zero-order valence-corrected chi connectivity index (χ0v) is 13.3. The summed E-state index contributed by atoms with van der Waals surface area (Å²) in [7, 11) is 0.